The third kappa shape index (κ3) is 2.60. The minimum absolute atomic E-state index is 0.106. The molecule has 1 aromatic carbocycles. The average Bonchev–Trinajstić information content (AvgIpc) is 3.17. The molecule has 0 aliphatic heterocycles. The van der Waals surface area contributed by atoms with Crippen LogP contribution in [0.25, 0.3) is 0 Å². The van der Waals surface area contributed by atoms with E-state index in [1.165, 1.54) is 18.9 Å². The maximum atomic E-state index is 13.8. The van der Waals surface area contributed by atoms with Crippen LogP contribution in [0.5, 0.6) is 5.75 Å². The molecule has 0 atom stereocenters. The number of benzene rings is 1. The Morgan fingerprint density at radius 2 is 2.12 bits per heavy atom. The predicted molar refractivity (Wildman–Crippen MR) is 64.5 cm³/mol. The summed E-state index contributed by atoms with van der Waals surface area (Å²) in [5.41, 5.74) is 6.90. The molecule has 1 aromatic rings. The van der Waals surface area contributed by atoms with Gasteiger partial charge in [-0.05, 0) is 49.7 Å². The summed E-state index contributed by atoms with van der Waals surface area (Å²) in [4.78, 5) is 0. The van der Waals surface area contributed by atoms with Crippen molar-refractivity contribution in [3.8, 4) is 5.75 Å². The van der Waals surface area contributed by atoms with Crippen LogP contribution >= 0.6 is 0 Å². The molecule has 2 saturated carbocycles. The summed E-state index contributed by atoms with van der Waals surface area (Å²) >= 11 is 0. The zero-order valence-electron chi connectivity index (χ0n) is 9.92. The van der Waals surface area contributed by atoms with Gasteiger partial charge in [-0.15, -0.1) is 0 Å². The van der Waals surface area contributed by atoms with Gasteiger partial charge in [0, 0.05) is 5.54 Å². The summed E-state index contributed by atoms with van der Waals surface area (Å²) in [6, 6.07) is 5.13. The van der Waals surface area contributed by atoms with Crippen LogP contribution in [-0.4, -0.2) is 12.1 Å². The van der Waals surface area contributed by atoms with Gasteiger partial charge in [0.2, 0.25) is 0 Å². The standard InChI is InChI=1S/C14H18FNO/c15-12-3-1-2-11(8-14(16)6-7-14)13(12)17-9-10-4-5-10/h1-3,10H,4-9,16H2. The predicted octanol–water partition coefficient (Wildman–Crippen LogP) is 2.65. The maximum Gasteiger partial charge on any atom is 0.165 e. The molecule has 2 N–H and O–H groups in total. The van der Waals surface area contributed by atoms with E-state index in [4.69, 9.17) is 10.5 Å². The summed E-state index contributed by atoms with van der Waals surface area (Å²) in [5, 5.41) is 0. The Balaban J connectivity index is 1.76. The highest BCUT2D eigenvalue weighted by Crippen LogP contribution is 2.39. The third-order valence-corrected chi connectivity index (χ3v) is 3.64. The smallest absolute Gasteiger partial charge is 0.165 e. The Bertz CT molecular complexity index is 424. The van der Waals surface area contributed by atoms with Gasteiger partial charge >= 0.3 is 0 Å². The van der Waals surface area contributed by atoms with Crippen molar-refractivity contribution in [1.29, 1.82) is 0 Å². The van der Waals surface area contributed by atoms with Crippen LogP contribution < -0.4 is 10.5 Å². The summed E-state index contributed by atoms with van der Waals surface area (Å²) < 4.78 is 19.4. The van der Waals surface area contributed by atoms with Crippen LogP contribution in [0.2, 0.25) is 0 Å². The number of nitrogens with two attached hydrogens (primary N) is 1. The van der Waals surface area contributed by atoms with Crippen LogP contribution in [-0.2, 0) is 6.42 Å². The van der Waals surface area contributed by atoms with E-state index in [0.717, 1.165) is 24.8 Å². The summed E-state index contributed by atoms with van der Waals surface area (Å²) in [6.07, 6.45) is 5.22. The molecule has 0 spiro atoms. The first-order chi connectivity index (χ1) is 8.16. The summed E-state index contributed by atoms with van der Waals surface area (Å²) in [6.45, 7) is 0.644. The monoisotopic (exact) mass is 235 g/mol. The first kappa shape index (κ1) is 11.0. The zero-order valence-corrected chi connectivity index (χ0v) is 9.92. The van der Waals surface area contributed by atoms with Gasteiger partial charge in [0.05, 0.1) is 6.61 Å². The van der Waals surface area contributed by atoms with E-state index in [-0.39, 0.29) is 11.4 Å². The highest BCUT2D eigenvalue weighted by molar-refractivity contribution is 5.37. The van der Waals surface area contributed by atoms with Gasteiger partial charge in [-0.2, -0.15) is 0 Å². The number of para-hydroxylation sites is 1. The van der Waals surface area contributed by atoms with E-state index in [1.807, 2.05) is 6.07 Å². The molecule has 17 heavy (non-hydrogen) atoms. The van der Waals surface area contributed by atoms with Gasteiger partial charge in [-0.1, -0.05) is 12.1 Å². The number of hydrogen-bond donors (Lipinski definition) is 1. The lowest BCUT2D eigenvalue weighted by atomic mass is 10.0. The lowest BCUT2D eigenvalue weighted by Gasteiger charge is -2.15. The molecular weight excluding hydrogens is 217 g/mol. The van der Waals surface area contributed by atoms with Crippen molar-refractivity contribution in [2.24, 2.45) is 11.7 Å². The summed E-state index contributed by atoms with van der Waals surface area (Å²) in [5.74, 6) is 0.804. The van der Waals surface area contributed by atoms with Crippen molar-refractivity contribution in [1.82, 2.24) is 0 Å². The van der Waals surface area contributed by atoms with Gasteiger partial charge in [0.15, 0.2) is 11.6 Å². The first-order valence-electron chi connectivity index (χ1n) is 6.35. The Kier molecular flexibility index (Phi) is 2.58. The second kappa shape index (κ2) is 3.98. The van der Waals surface area contributed by atoms with Gasteiger partial charge in [0.1, 0.15) is 0 Å². The molecule has 0 aromatic heterocycles. The molecule has 0 radical (unpaired) electrons. The summed E-state index contributed by atoms with van der Waals surface area (Å²) in [7, 11) is 0. The lowest BCUT2D eigenvalue weighted by molar-refractivity contribution is 0.281. The number of halogens is 1. The van der Waals surface area contributed by atoms with Gasteiger partial charge in [-0.25, -0.2) is 4.39 Å². The Morgan fingerprint density at radius 3 is 2.76 bits per heavy atom. The highest BCUT2D eigenvalue weighted by Gasteiger charge is 2.39. The fraction of sp³-hybridized carbons (Fsp3) is 0.571. The van der Waals surface area contributed by atoms with Gasteiger partial charge in [0.25, 0.3) is 0 Å². The van der Waals surface area contributed by atoms with E-state index in [0.29, 0.717) is 18.3 Å². The zero-order chi connectivity index (χ0) is 11.9. The molecule has 2 aliphatic rings. The Hall–Kier alpha value is -1.09. The maximum absolute atomic E-state index is 13.8. The molecule has 2 fully saturated rings. The van der Waals surface area contributed by atoms with Crippen molar-refractivity contribution in [2.75, 3.05) is 6.61 Å². The van der Waals surface area contributed by atoms with Crippen LogP contribution in [0, 0.1) is 11.7 Å². The minimum atomic E-state index is -0.257. The fourth-order valence-electron chi connectivity index (χ4n) is 2.06. The number of ether oxygens (including phenoxy) is 1. The normalized spacial score (nSPS) is 21.3. The fourth-order valence-corrected chi connectivity index (χ4v) is 2.06. The Labute approximate surface area is 101 Å². The van der Waals surface area contributed by atoms with E-state index in [9.17, 15) is 4.39 Å². The van der Waals surface area contributed by atoms with Gasteiger partial charge < -0.3 is 10.5 Å². The van der Waals surface area contributed by atoms with Gasteiger partial charge in [-0.3, -0.25) is 0 Å². The van der Waals surface area contributed by atoms with E-state index < -0.39 is 0 Å². The van der Waals surface area contributed by atoms with Crippen molar-refractivity contribution < 1.29 is 9.13 Å². The second-order valence-corrected chi connectivity index (χ2v) is 5.52. The van der Waals surface area contributed by atoms with E-state index in [1.54, 1.807) is 6.07 Å². The minimum Gasteiger partial charge on any atom is -0.490 e. The third-order valence-electron chi connectivity index (χ3n) is 3.64. The quantitative estimate of drug-likeness (QED) is 0.851. The molecule has 0 heterocycles. The molecule has 0 saturated heterocycles. The SMILES string of the molecule is NC1(Cc2cccc(F)c2OCC2CC2)CC1. The van der Waals surface area contributed by atoms with Crippen LogP contribution in [0.15, 0.2) is 18.2 Å². The van der Waals surface area contributed by atoms with Crippen LogP contribution in [0.4, 0.5) is 4.39 Å². The second-order valence-electron chi connectivity index (χ2n) is 5.52. The molecule has 0 unspecified atom stereocenters. The van der Waals surface area contributed by atoms with E-state index >= 15 is 0 Å². The lowest BCUT2D eigenvalue weighted by Crippen LogP contribution is -2.25. The van der Waals surface area contributed by atoms with Crippen LogP contribution in [0.1, 0.15) is 31.2 Å². The first-order valence-corrected chi connectivity index (χ1v) is 6.35. The topological polar surface area (TPSA) is 35.2 Å². The number of hydrogen-bond acceptors (Lipinski definition) is 2. The van der Waals surface area contributed by atoms with Crippen molar-refractivity contribution in [2.45, 2.75) is 37.6 Å². The molecule has 3 heteroatoms. The molecule has 3 rings (SSSR count). The van der Waals surface area contributed by atoms with Crippen molar-refractivity contribution in [3.63, 3.8) is 0 Å². The Morgan fingerprint density at radius 1 is 1.35 bits per heavy atom. The van der Waals surface area contributed by atoms with Crippen molar-refractivity contribution in [3.05, 3.63) is 29.6 Å². The number of rotatable bonds is 5. The van der Waals surface area contributed by atoms with Crippen molar-refractivity contribution >= 4 is 0 Å². The molecule has 2 nitrogen and oxygen atoms in total. The van der Waals surface area contributed by atoms with E-state index in [2.05, 4.69) is 0 Å². The average molecular weight is 235 g/mol. The molecule has 92 valence electrons. The molecule has 0 amide bonds. The molecule has 2 aliphatic carbocycles. The highest BCUT2D eigenvalue weighted by atomic mass is 19.1. The molecule has 0 bridgehead atoms. The largest absolute Gasteiger partial charge is 0.490 e. The molecular formula is C14H18FNO. The van der Waals surface area contributed by atoms with Crippen LogP contribution in [0.3, 0.4) is 0 Å².